The van der Waals surface area contributed by atoms with Gasteiger partial charge < -0.3 is 4.90 Å². The van der Waals surface area contributed by atoms with E-state index >= 15 is 0 Å². The first-order valence-electron chi connectivity index (χ1n) is 4.83. The molecule has 0 unspecified atom stereocenters. The Morgan fingerprint density at radius 3 is 2.42 bits per heavy atom. The highest BCUT2D eigenvalue weighted by molar-refractivity contribution is 6.18. The molecule has 1 rings (SSSR count). The smallest absolute Gasteiger partial charge is 0.0402 e. The van der Waals surface area contributed by atoms with E-state index in [9.17, 15) is 0 Å². The minimum atomic E-state index is 0.163. The molecule has 0 aromatic rings. The summed E-state index contributed by atoms with van der Waals surface area (Å²) < 4.78 is 0. The summed E-state index contributed by atoms with van der Waals surface area (Å²) >= 11 is 5.88. The van der Waals surface area contributed by atoms with Gasteiger partial charge >= 0.3 is 0 Å². The van der Waals surface area contributed by atoms with Crippen LogP contribution in [-0.4, -0.2) is 29.9 Å². The molecule has 1 saturated carbocycles. The second kappa shape index (κ2) is 3.97. The molecule has 0 aromatic heterocycles. The second-order valence-electron chi connectivity index (χ2n) is 4.60. The summed E-state index contributed by atoms with van der Waals surface area (Å²) in [7, 11) is 2.17. The van der Waals surface area contributed by atoms with Crippen LogP contribution in [0.15, 0.2) is 0 Å². The van der Waals surface area contributed by atoms with Crippen molar-refractivity contribution in [2.75, 3.05) is 19.5 Å². The molecule has 1 fully saturated rings. The summed E-state index contributed by atoms with van der Waals surface area (Å²) in [6.45, 7) is 5.60. The molecule has 0 heterocycles. The number of halogens is 1. The van der Waals surface area contributed by atoms with E-state index in [1.54, 1.807) is 0 Å². The van der Waals surface area contributed by atoms with Gasteiger partial charge in [-0.25, -0.2) is 0 Å². The van der Waals surface area contributed by atoms with Gasteiger partial charge in [-0.05, 0) is 39.8 Å². The van der Waals surface area contributed by atoms with Crippen LogP contribution in [0.1, 0.15) is 33.1 Å². The molecule has 1 aliphatic carbocycles. The molecule has 0 saturated heterocycles. The molecule has 0 amide bonds. The fraction of sp³-hybridized carbons (Fsp3) is 1.00. The van der Waals surface area contributed by atoms with Crippen molar-refractivity contribution in [3.63, 3.8) is 0 Å². The Hall–Kier alpha value is 0.250. The van der Waals surface area contributed by atoms with Crippen LogP contribution in [0.5, 0.6) is 0 Å². The molecule has 1 aliphatic rings. The van der Waals surface area contributed by atoms with Gasteiger partial charge in [-0.3, -0.25) is 0 Å². The lowest BCUT2D eigenvalue weighted by atomic mass is 10.1. The SMILES string of the molecule is CN(CCC1CC1)C(C)(C)CCl. The predicted octanol–water partition coefficient (Wildman–Crippen LogP) is 2.74. The maximum Gasteiger partial charge on any atom is 0.0402 e. The van der Waals surface area contributed by atoms with Gasteiger partial charge in [0.1, 0.15) is 0 Å². The van der Waals surface area contributed by atoms with Crippen molar-refractivity contribution in [2.45, 2.75) is 38.6 Å². The van der Waals surface area contributed by atoms with Crippen LogP contribution >= 0.6 is 11.6 Å². The van der Waals surface area contributed by atoms with E-state index in [1.807, 2.05) is 0 Å². The maximum absolute atomic E-state index is 5.88. The summed E-state index contributed by atoms with van der Waals surface area (Å²) in [6.07, 6.45) is 4.26. The van der Waals surface area contributed by atoms with Crippen molar-refractivity contribution in [1.82, 2.24) is 4.90 Å². The minimum absolute atomic E-state index is 0.163. The van der Waals surface area contributed by atoms with Crippen LogP contribution in [0.4, 0.5) is 0 Å². The lowest BCUT2D eigenvalue weighted by molar-refractivity contribution is 0.174. The summed E-state index contributed by atoms with van der Waals surface area (Å²) in [5, 5.41) is 0. The number of nitrogens with zero attached hydrogens (tertiary/aromatic N) is 1. The van der Waals surface area contributed by atoms with Crippen LogP contribution in [0.2, 0.25) is 0 Å². The van der Waals surface area contributed by atoms with Crippen molar-refractivity contribution in [1.29, 1.82) is 0 Å². The normalized spacial score (nSPS) is 18.8. The van der Waals surface area contributed by atoms with Gasteiger partial charge in [0.15, 0.2) is 0 Å². The minimum Gasteiger partial charge on any atom is -0.300 e. The van der Waals surface area contributed by atoms with Crippen molar-refractivity contribution in [2.24, 2.45) is 5.92 Å². The molecule has 1 nitrogen and oxygen atoms in total. The van der Waals surface area contributed by atoms with Gasteiger partial charge in [-0.1, -0.05) is 12.8 Å². The van der Waals surface area contributed by atoms with Crippen molar-refractivity contribution in [3.05, 3.63) is 0 Å². The zero-order valence-corrected chi connectivity index (χ0v) is 9.19. The maximum atomic E-state index is 5.88. The van der Waals surface area contributed by atoms with Crippen molar-refractivity contribution < 1.29 is 0 Å². The first-order chi connectivity index (χ1) is 5.56. The zero-order valence-electron chi connectivity index (χ0n) is 8.44. The van der Waals surface area contributed by atoms with Crippen LogP contribution in [0.25, 0.3) is 0 Å². The highest BCUT2D eigenvalue weighted by Crippen LogP contribution is 2.32. The molecule has 72 valence electrons. The number of hydrogen-bond acceptors (Lipinski definition) is 1. The van der Waals surface area contributed by atoms with Gasteiger partial charge in [0, 0.05) is 11.4 Å². The molecule has 12 heavy (non-hydrogen) atoms. The lowest BCUT2D eigenvalue weighted by Crippen LogP contribution is -2.43. The molecule has 2 heteroatoms. The van der Waals surface area contributed by atoms with Crippen LogP contribution in [-0.2, 0) is 0 Å². The first kappa shape index (κ1) is 10.3. The van der Waals surface area contributed by atoms with Gasteiger partial charge in [0.2, 0.25) is 0 Å². The van der Waals surface area contributed by atoms with Crippen molar-refractivity contribution in [3.8, 4) is 0 Å². The summed E-state index contributed by atoms with van der Waals surface area (Å²) in [5.41, 5.74) is 0.163. The Morgan fingerprint density at radius 2 is 2.00 bits per heavy atom. The Kier molecular flexibility index (Phi) is 3.42. The molecule has 0 radical (unpaired) electrons. The highest BCUT2D eigenvalue weighted by atomic mass is 35.5. The lowest BCUT2D eigenvalue weighted by Gasteiger charge is -2.33. The Balaban J connectivity index is 2.20. The third-order valence-corrected chi connectivity index (χ3v) is 3.58. The van der Waals surface area contributed by atoms with E-state index in [4.69, 9.17) is 11.6 Å². The van der Waals surface area contributed by atoms with Crippen LogP contribution in [0.3, 0.4) is 0 Å². The molecule has 0 bridgehead atoms. The molecule has 0 aliphatic heterocycles. The Morgan fingerprint density at radius 1 is 1.42 bits per heavy atom. The fourth-order valence-electron chi connectivity index (χ4n) is 1.19. The standard InChI is InChI=1S/C10H20ClN/c1-10(2,8-11)12(3)7-6-9-4-5-9/h9H,4-8H2,1-3H3. The first-order valence-corrected chi connectivity index (χ1v) is 5.37. The predicted molar refractivity (Wildman–Crippen MR) is 54.8 cm³/mol. The van der Waals surface area contributed by atoms with Crippen LogP contribution in [0, 0.1) is 5.92 Å². The van der Waals surface area contributed by atoms with Gasteiger partial charge in [-0.15, -0.1) is 11.6 Å². The van der Waals surface area contributed by atoms with E-state index in [0.717, 1.165) is 5.92 Å². The third-order valence-electron chi connectivity index (χ3n) is 2.93. The second-order valence-corrected chi connectivity index (χ2v) is 4.87. The zero-order chi connectivity index (χ0) is 9.19. The molecule has 0 aromatic carbocycles. The van der Waals surface area contributed by atoms with E-state index in [2.05, 4.69) is 25.8 Å². The van der Waals surface area contributed by atoms with Gasteiger partial charge in [-0.2, -0.15) is 0 Å². The Bertz CT molecular complexity index is 141. The molecule has 0 atom stereocenters. The molecular weight excluding hydrogens is 170 g/mol. The summed E-state index contributed by atoms with van der Waals surface area (Å²) in [6, 6.07) is 0. The van der Waals surface area contributed by atoms with E-state index in [0.29, 0.717) is 5.88 Å². The van der Waals surface area contributed by atoms with Gasteiger partial charge in [0.05, 0.1) is 0 Å². The average Bonchev–Trinajstić information content (AvgIpc) is 2.83. The van der Waals surface area contributed by atoms with Gasteiger partial charge in [0.25, 0.3) is 0 Å². The average molecular weight is 190 g/mol. The highest BCUT2D eigenvalue weighted by Gasteiger charge is 2.26. The third kappa shape index (κ3) is 2.95. The largest absolute Gasteiger partial charge is 0.300 e. The quantitative estimate of drug-likeness (QED) is 0.602. The van der Waals surface area contributed by atoms with E-state index in [-0.39, 0.29) is 5.54 Å². The topological polar surface area (TPSA) is 3.24 Å². The van der Waals surface area contributed by atoms with Crippen LogP contribution < -0.4 is 0 Å². The number of hydrogen-bond donors (Lipinski definition) is 0. The fourth-order valence-corrected chi connectivity index (χ4v) is 1.39. The van der Waals surface area contributed by atoms with E-state index < -0.39 is 0 Å². The molecular formula is C10H20ClN. The summed E-state index contributed by atoms with van der Waals surface area (Å²) in [4.78, 5) is 2.37. The Labute approximate surface area is 81.1 Å². The van der Waals surface area contributed by atoms with Crippen molar-refractivity contribution >= 4 is 11.6 Å². The number of alkyl halides is 1. The summed E-state index contributed by atoms with van der Waals surface area (Å²) in [5.74, 6) is 1.74. The van der Waals surface area contributed by atoms with E-state index in [1.165, 1.54) is 25.8 Å². The monoisotopic (exact) mass is 189 g/mol. The number of rotatable bonds is 5. The molecule has 0 spiro atoms. The molecule has 0 N–H and O–H groups in total.